The highest BCUT2D eigenvalue weighted by Crippen LogP contribution is 2.28. The van der Waals surface area contributed by atoms with Crippen LogP contribution in [-0.2, 0) is 6.54 Å². The number of hydrogen-bond donors (Lipinski definition) is 0. The summed E-state index contributed by atoms with van der Waals surface area (Å²) in [5, 5.41) is 8.95. The number of alkyl halides is 1. The van der Waals surface area contributed by atoms with Gasteiger partial charge in [0.2, 0.25) is 0 Å². The maximum absolute atomic E-state index is 4.57. The third-order valence-corrected chi connectivity index (χ3v) is 5.57. The monoisotopic (exact) mass is 411 g/mol. The third kappa shape index (κ3) is 5.80. The van der Waals surface area contributed by atoms with Crippen molar-refractivity contribution in [1.82, 2.24) is 15.0 Å². The second-order valence-electron chi connectivity index (χ2n) is 6.63. The average Bonchev–Trinajstić information content (AvgIpc) is 3.17. The molecule has 3 rings (SSSR count). The van der Waals surface area contributed by atoms with Crippen LogP contribution in [0.2, 0.25) is 0 Å². The molecule has 0 radical (unpaired) electrons. The second-order valence-corrected chi connectivity index (χ2v) is 7.73. The molecule has 1 atom stereocenters. The summed E-state index contributed by atoms with van der Waals surface area (Å²) in [6.45, 7) is 0.901. The van der Waals surface area contributed by atoms with E-state index in [0.29, 0.717) is 4.83 Å². The molecule has 1 unspecified atom stereocenters. The van der Waals surface area contributed by atoms with Gasteiger partial charge < -0.3 is 0 Å². The number of halogens is 1. The van der Waals surface area contributed by atoms with E-state index in [4.69, 9.17) is 0 Å². The minimum absolute atomic E-state index is 0.480. The van der Waals surface area contributed by atoms with Gasteiger partial charge >= 0.3 is 0 Å². The van der Waals surface area contributed by atoms with E-state index in [2.05, 4.69) is 68.6 Å². The second kappa shape index (κ2) is 10.3. The van der Waals surface area contributed by atoms with Gasteiger partial charge in [-0.1, -0.05) is 102 Å². The molecule has 2 aromatic carbocycles. The van der Waals surface area contributed by atoms with Crippen LogP contribution >= 0.6 is 15.9 Å². The Morgan fingerprint density at radius 3 is 2.23 bits per heavy atom. The lowest BCUT2D eigenvalue weighted by molar-refractivity contribution is 0.483. The van der Waals surface area contributed by atoms with E-state index >= 15 is 0 Å². The van der Waals surface area contributed by atoms with Crippen molar-refractivity contribution in [2.24, 2.45) is 0 Å². The van der Waals surface area contributed by atoms with Gasteiger partial charge in [-0.3, -0.25) is 0 Å². The first kappa shape index (κ1) is 18.8. The van der Waals surface area contributed by atoms with Crippen LogP contribution in [0.5, 0.6) is 0 Å². The molecule has 0 saturated carbocycles. The zero-order valence-electron chi connectivity index (χ0n) is 15.1. The van der Waals surface area contributed by atoms with Gasteiger partial charge in [0.15, 0.2) is 0 Å². The standard InChI is InChI=1S/C22H26BrN3/c23-21(19-12-6-4-7-13-19)16-10-2-1-3-11-17-26-24-18-22(25-26)20-14-8-5-9-15-20/h4-9,12-15,18,21H,1-3,10-11,16-17H2. The van der Waals surface area contributed by atoms with E-state index in [-0.39, 0.29) is 0 Å². The predicted octanol–water partition coefficient (Wildman–Crippen LogP) is 6.42. The summed E-state index contributed by atoms with van der Waals surface area (Å²) >= 11 is 3.80. The SMILES string of the molecule is BrC(CCCCCCCn1ncc(-c2ccccc2)n1)c1ccccc1. The van der Waals surface area contributed by atoms with Crippen molar-refractivity contribution in [1.29, 1.82) is 0 Å². The summed E-state index contributed by atoms with van der Waals surface area (Å²) in [7, 11) is 0. The fourth-order valence-corrected chi connectivity index (χ4v) is 3.71. The number of nitrogens with zero attached hydrogens (tertiary/aromatic N) is 3. The quantitative estimate of drug-likeness (QED) is 0.284. The number of benzene rings is 2. The van der Waals surface area contributed by atoms with Crippen molar-refractivity contribution in [3.05, 3.63) is 72.4 Å². The molecular formula is C22H26BrN3. The van der Waals surface area contributed by atoms with Crippen LogP contribution in [0, 0.1) is 0 Å². The average molecular weight is 412 g/mol. The van der Waals surface area contributed by atoms with Crippen LogP contribution in [0.15, 0.2) is 66.9 Å². The van der Waals surface area contributed by atoms with Gasteiger partial charge in [0.1, 0.15) is 5.69 Å². The van der Waals surface area contributed by atoms with E-state index in [1.54, 1.807) is 0 Å². The highest BCUT2D eigenvalue weighted by molar-refractivity contribution is 9.09. The summed E-state index contributed by atoms with van der Waals surface area (Å²) < 4.78 is 0. The van der Waals surface area contributed by atoms with Crippen molar-refractivity contribution < 1.29 is 0 Å². The smallest absolute Gasteiger partial charge is 0.113 e. The number of unbranched alkanes of at least 4 members (excludes halogenated alkanes) is 4. The number of rotatable bonds is 10. The van der Waals surface area contributed by atoms with Crippen molar-refractivity contribution >= 4 is 15.9 Å². The molecule has 0 amide bonds. The molecule has 0 aliphatic rings. The maximum atomic E-state index is 4.57. The van der Waals surface area contributed by atoms with E-state index in [9.17, 15) is 0 Å². The van der Waals surface area contributed by atoms with Crippen LogP contribution in [-0.4, -0.2) is 15.0 Å². The normalized spacial score (nSPS) is 12.2. The molecule has 26 heavy (non-hydrogen) atoms. The fourth-order valence-electron chi connectivity index (χ4n) is 3.08. The first-order chi connectivity index (χ1) is 12.8. The molecule has 0 aliphatic heterocycles. The van der Waals surface area contributed by atoms with Gasteiger partial charge in [-0.25, -0.2) is 0 Å². The first-order valence-electron chi connectivity index (χ1n) is 9.47. The Morgan fingerprint density at radius 2 is 1.46 bits per heavy atom. The van der Waals surface area contributed by atoms with Crippen LogP contribution < -0.4 is 0 Å². The molecule has 1 aromatic heterocycles. The van der Waals surface area contributed by atoms with E-state index in [0.717, 1.165) is 24.2 Å². The topological polar surface area (TPSA) is 30.7 Å². The lowest BCUT2D eigenvalue weighted by Gasteiger charge is -2.09. The van der Waals surface area contributed by atoms with Crippen molar-refractivity contribution in [2.45, 2.75) is 49.9 Å². The molecule has 3 aromatic rings. The van der Waals surface area contributed by atoms with Crippen LogP contribution in [0.1, 0.15) is 48.9 Å². The van der Waals surface area contributed by atoms with Crippen LogP contribution in [0.3, 0.4) is 0 Å². The number of aromatic nitrogens is 3. The molecule has 0 N–H and O–H groups in total. The Morgan fingerprint density at radius 1 is 0.808 bits per heavy atom. The number of aryl methyl sites for hydroxylation is 1. The van der Waals surface area contributed by atoms with Crippen molar-refractivity contribution in [2.75, 3.05) is 0 Å². The zero-order valence-corrected chi connectivity index (χ0v) is 16.7. The largest absolute Gasteiger partial charge is 0.184 e. The van der Waals surface area contributed by atoms with Gasteiger partial charge in [0.25, 0.3) is 0 Å². The van der Waals surface area contributed by atoms with Crippen molar-refractivity contribution in [3.8, 4) is 11.3 Å². The molecule has 0 saturated heterocycles. The molecule has 1 heterocycles. The Bertz CT molecular complexity index is 755. The summed E-state index contributed by atoms with van der Waals surface area (Å²) in [5.74, 6) is 0. The summed E-state index contributed by atoms with van der Waals surface area (Å²) in [6.07, 6.45) is 9.26. The minimum Gasteiger partial charge on any atom is -0.184 e. The summed E-state index contributed by atoms with van der Waals surface area (Å²) in [5.41, 5.74) is 3.46. The van der Waals surface area contributed by atoms with Crippen LogP contribution in [0.4, 0.5) is 0 Å². The molecule has 0 bridgehead atoms. The van der Waals surface area contributed by atoms with Gasteiger partial charge in [-0.2, -0.15) is 15.0 Å². The Labute approximate surface area is 164 Å². The lowest BCUT2D eigenvalue weighted by atomic mass is 10.0. The lowest BCUT2D eigenvalue weighted by Crippen LogP contribution is -2.02. The highest BCUT2D eigenvalue weighted by atomic mass is 79.9. The molecule has 0 fully saturated rings. The van der Waals surface area contributed by atoms with E-state index < -0.39 is 0 Å². The highest BCUT2D eigenvalue weighted by Gasteiger charge is 2.06. The molecule has 0 spiro atoms. The summed E-state index contributed by atoms with van der Waals surface area (Å²) in [4.78, 5) is 2.31. The fraction of sp³-hybridized carbons (Fsp3) is 0.364. The van der Waals surface area contributed by atoms with Gasteiger partial charge in [0, 0.05) is 10.4 Å². The van der Waals surface area contributed by atoms with E-state index in [1.165, 1.54) is 37.7 Å². The summed E-state index contributed by atoms with van der Waals surface area (Å²) in [6, 6.07) is 20.9. The third-order valence-electron chi connectivity index (χ3n) is 4.58. The van der Waals surface area contributed by atoms with Crippen molar-refractivity contribution in [3.63, 3.8) is 0 Å². The molecular weight excluding hydrogens is 386 g/mol. The van der Waals surface area contributed by atoms with Gasteiger partial charge in [-0.05, 0) is 18.4 Å². The van der Waals surface area contributed by atoms with Gasteiger partial charge in [0.05, 0.1) is 12.7 Å². The predicted molar refractivity (Wildman–Crippen MR) is 111 cm³/mol. The Kier molecular flexibility index (Phi) is 7.44. The zero-order chi connectivity index (χ0) is 18.0. The molecule has 4 heteroatoms. The number of hydrogen-bond acceptors (Lipinski definition) is 2. The first-order valence-corrected chi connectivity index (χ1v) is 10.4. The maximum Gasteiger partial charge on any atom is 0.113 e. The van der Waals surface area contributed by atoms with E-state index in [1.807, 2.05) is 29.2 Å². The molecule has 3 nitrogen and oxygen atoms in total. The van der Waals surface area contributed by atoms with Gasteiger partial charge in [-0.15, -0.1) is 0 Å². The van der Waals surface area contributed by atoms with Crippen LogP contribution in [0.25, 0.3) is 11.3 Å². The minimum atomic E-state index is 0.480. The molecule has 136 valence electrons. The Balaban J connectivity index is 1.29. The molecule has 0 aliphatic carbocycles. The Hall–Kier alpha value is -1.94.